The van der Waals surface area contributed by atoms with Crippen molar-refractivity contribution in [2.75, 3.05) is 5.32 Å². The highest BCUT2D eigenvalue weighted by atomic mass is 19.1. The number of carboxylic acid groups (broad SMARTS) is 1. The topological polar surface area (TPSA) is 66.4 Å². The van der Waals surface area contributed by atoms with Gasteiger partial charge in [-0.25, -0.2) is 13.6 Å². The number of anilines is 1. The van der Waals surface area contributed by atoms with Gasteiger partial charge in [-0.3, -0.25) is 4.79 Å². The highest BCUT2D eigenvalue weighted by molar-refractivity contribution is 5.90. The van der Waals surface area contributed by atoms with E-state index in [-0.39, 0.29) is 12.1 Å². The van der Waals surface area contributed by atoms with Crippen molar-refractivity contribution >= 4 is 18.1 Å². The predicted molar refractivity (Wildman–Crippen MR) is 43.0 cm³/mol. The van der Waals surface area contributed by atoms with Crippen LogP contribution >= 0.6 is 0 Å². The molecule has 1 aromatic rings. The molecule has 0 aliphatic heterocycles. The SMILES string of the molecule is O=CNc1ccc(F)c(C(=O)O)c1F. The molecule has 0 radical (unpaired) electrons. The van der Waals surface area contributed by atoms with Gasteiger partial charge in [0.15, 0.2) is 5.82 Å². The average Bonchev–Trinajstić information content (AvgIpc) is 2.10. The van der Waals surface area contributed by atoms with E-state index in [1.54, 1.807) is 0 Å². The molecule has 4 nitrogen and oxygen atoms in total. The first-order valence-electron chi connectivity index (χ1n) is 3.49. The lowest BCUT2D eigenvalue weighted by Crippen LogP contribution is -2.08. The zero-order chi connectivity index (χ0) is 10.7. The number of benzene rings is 1. The van der Waals surface area contributed by atoms with Crippen LogP contribution in [0.5, 0.6) is 0 Å². The molecule has 0 saturated carbocycles. The van der Waals surface area contributed by atoms with Gasteiger partial charge in [0.05, 0.1) is 5.69 Å². The van der Waals surface area contributed by atoms with E-state index in [1.807, 2.05) is 5.32 Å². The fourth-order valence-electron chi connectivity index (χ4n) is 0.923. The minimum absolute atomic E-state index is 0.169. The Bertz CT molecular complexity index is 392. The molecule has 0 bridgehead atoms. The number of aromatic carboxylic acids is 1. The molecule has 0 spiro atoms. The van der Waals surface area contributed by atoms with E-state index in [2.05, 4.69) is 0 Å². The van der Waals surface area contributed by atoms with Crippen LogP contribution in [0.15, 0.2) is 12.1 Å². The fraction of sp³-hybridized carbons (Fsp3) is 0. The summed E-state index contributed by atoms with van der Waals surface area (Å²) in [6.45, 7) is 0. The maximum absolute atomic E-state index is 13.1. The first-order valence-corrected chi connectivity index (χ1v) is 3.49. The molecule has 0 unspecified atom stereocenters. The van der Waals surface area contributed by atoms with Gasteiger partial charge in [0, 0.05) is 0 Å². The van der Waals surface area contributed by atoms with Gasteiger partial charge in [0.25, 0.3) is 0 Å². The summed E-state index contributed by atoms with van der Waals surface area (Å²) in [5.41, 5.74) is -1.46. The summed E-state index contributed by atoms with van der Waals surface area (Å²) in [5, 5.41) is 10.4. The molecule has 1 amide bonds. The van der Waals surface area contributed by atoms with Crippen LogP contribution in [0.3, 0.4) is 0 Å². The quantitative estimate of drug-likeness (QED) is 0.723. The molecule has 0 aliphatic rings. The second-order valence-electron chi connectivity index (χ2n) is 2.35. The molecule has 0 atom stereocenters. The zero-order valence-corrected chi connectivity index (χ0v) is 6.75. The lowest BCUT2D eigenvalue weighted by molar-refractivity contribution is -0.105. The van der Waals surface area contributed by atoms with E-state index in [1.165, 1.54) is 0 Å². The van der Waals surface area contributed by atoms with Gasteiger partial charge in [-0.15, -0.1) is 0 Å². The van der Waals surface area contributed by atoms with Crippen molar-refractivity contribution in [1.29, 1.82) is 0 Å². The van der Waals surface area contributed by atoms with Crippen LogP contribution in [0.4, 0.5) is 14.5 Å². The van der Waals surface area contributed by atoms with Crippen LogP contribution in [0.2, 0.25) is 0 Å². The molecule has 0 fully saturated rings. The van der Waals surface area contributed by atoms with Crippen molar-refractivity contribution < 1.29 is 23.5 Å². The van der Waals surface area contributed by atoms with E-state index in [4.69, 9.17) is 5.11 Å². The number of halogens is 2. The molecule has 1 aromatic carbocycles. The number of carbonyl (C=O) groups is 2. The first kappa shape index (κ1) is 10.1. The highest BCUT2D eigenvalue weighted by Crippen LogP contribution is 2.20. The molecule has 6 heteroatoms. The van der Waals surface area contributed by atoms with Crippen molar-refractivity contribution in [3.05, 3.63) is 29.3 Å². The summed E-state index contributed by atoms with van der Waals surface area (Å²) in [5.74, 6) is -4.22. The van der Waals surface area contributed by atoms with Crippen LogP contribution in [0.25, 0.3) is 0 Å². The van der Waals surface area contributed by atoms with Crippen LogP contribution in [0.1, 0.15) is 10.4 Å². The van der Waals surface area contributed by atoms with Gasteiger partial charge in [-0.2, -0.15) is 0 Å². The molecule has 1 rings (SSSR count). The van der Waals surface area contributed by atoms with Gasteiger partial charge in [-0.1, -0.05) is 0 Å². The third-order valence-electron chi connectivity index (χ3n) is 1.52. The number of rotatable bonds is 3. The number of hydrogen-bond donors (Lipinski definition) is 2. The molecule has 0 aliphatic carbocycles. The molecular weight excluding hydrogens is 196 g/mol. The van der Waals surface area contributed by atoms with Gasteiger partial charge in [0.2, 0.25) is 6.41 Å². The van der Waals surface area contributed by atoms with Gasteiger partial charge in [-0.05, 0) is 12.1 Å². The Labute approximate surface area is 77.2 Å². The largest absolute Gasteiger partial charge is 0.477 e. The Balaban J connectivity index is 3.32. The number of carboxylic acids is 1. The molecule has 2 N–H and O–H groups in total. The number of nitrogens with one attached hydrogen (secondary N) is 1. The fourth-order valence-corrected chi connectivity index (χ4v) is 0.923. The summed E-state index contributed by atoms with van der Waals surface area (Å²) in [4.78, 5) is 20.4. The molecule has 0 heterocycles. The number of amides is 1. The molecule has 14 heavy (non-hydrogen) atoms. The lowest BCUT2D eigenvalue weighted by atomic mass is 10.1. The third kappa shape index (κ3) is 1.68. The maximum atomic E-state index is 13.1. The Morgan fingerprint density at radius 1 is 1.43 bits per heavy atom. The average molecular weight is 201 g/mol. The van der Waals surface area contributed by atoms with Crippen molar-refractivity contribution in [2.24, 2.45) is 0 Å². The molecule has 0 aromatic heterocycles. The van der Waals surface area contributed by atoms with E-state index in [9.17, 15) is 18.4 Å². The van der Waals surface area contributed by atoms with E-state index in [0.717, 1.165) is 12.1 Å². The smallest absolute Gasteiger partial charge is 0.341 e. The zero-order valence-electron chi connectivity index (χ0n) is 6.75. The second kappa shape index (κ2) is 3.82. The number of hydrogen-bond acceptors (Lipinski definition) is 2. The Morgan fingerprint density at radius 3 is 2.57 bits per heavy atom. The van der Waals surface area contributed by atoms with Gasteiger partial charge < -0.3 is 10.4 Å². The summed E-state index contributed by atoms with van der Waals surface area (Å²) < 4.78 is 25.9. The standard InChI is InChI=1S/C8H5F2NO3/c9-4-1-2-5(11-3-12)7(10)6(4)8(13)14/h1-3H,(H,11,12)(H,13,14). The monoisotopic (exact) mass is 201 g/mol. The van der Waals surface area contributed by atoms with Crippen LogP contribution < -0.4 is 5.32 Å². The maximum Gasteiger partial charge on any atom is 0.341 e. The summed E-state index contributed by atoms with van der Waals surface area (Å²) in [6, 6.07) is 1.70. The van der Waals surface area contributed by atoms with Crippen molar-refractivity contribution in [3.63, 3.8) is 0 Å². The Morgan fingerprint density at radius 2 is 2.07 bits per heavy atom. The predicted octanol–water partition coefficient (Wildman–Crippen LogP) is 1.23. The van der Waals surface area contributed by atoms with Crippen LogP contribution in [-0.4, -0.2) is 17.5 Å². The minimum atomic E-state index is -1.73. The van der Waals surface area contributed by atoms with Crippen molar-refractivity contribution in [1.82, 2.24) is 0 Å². The van der Waals surface area contributed by atoms with E-state index in [0.29, 0.717) is 0 Å². The van der Waals surface area contributed by atoms with E-state index < -0.39 is 23.2 Å². The Hall–Kier alpha value is -1.98. The summed E-state index contributed by atoms with van der Waals surface area (Å²) in [6.07, 6.45) is 0.169. The highest BCUT2D eigenvalue weighted by Gasteiger charge is 2.19. The molecule has 0 saturated heterocycles. The van der Waals surface area contributed by atoms with Gasteiger partial charge in [0.1, 0.15) is 11.4 Å². The molecule has 74 valence electrons. The number of carbonyl (C=O) groups excluding carboxylic acids is 1. The van der Waals surface area contributed by atoms with Crippen molar-refractivity contribution in [3.8, 4) is 0 Å². The lowest BCUT2D eigenvalue weighted by Gasteiger charge is -2.04. The van der Waals surface area contributed by atoms with Crippen molar-refractivity contribution in [2.45, 2.75) is 0 Å². The van der Waals surface area contributed by atoms with E-state index >= 15 is 0 Å². The second-order valence-corrected chi connectivity index (χ2v) is 2.35. The summed E-state index contributed by atoms with van der Waals surface area (Å²) in [7, 11) is 0. The van der Waals surface area contributed by atoms with Crippen LogP contribution in [-0.2, 0) is 4.79 Å². The first-order chi connectivity index (χ1) is 6.57. The van der Waals surface area contributed by atoms with Gasteiger partial charge >= 0.3 is 5.97 Å². The molecular formula is C8H5F2NO3. The Kier molecular flexibility index (Phi) is 2.76. The van der Waals surface area contributed by atoms with Crippen LogP contribution in [0, 0.1) is 11.6 Å². The summed E-state index contributed by atoms with van der Waals surface area (Å²) >= 11 is 0. The normalized spacial score (nSPS) is 9.57. The third-order valence-corrected chi connectivity index (χ3v) is 1.52. The minimum Gasteiger partial charge on any atom is -0.477 e.